The van der Waals surface area contributed by atoms with Gasteiger partial charge in [0.05, 0.1) is 11.7 Å². The summed E-state index contributed by atoms with van der Waals surface area (Å²) in [4.78, 5) is 7.06. The third-order valence-electron chi connectivity index (χ3n) is 5.10. The molecule has 0 saturated heterocycles. The first-order valence-corrected chi connectivity index (χ1v) is 10.7. The Balaban J connectivity index is 1.83. The van der Waals surface area contributed by atoms with E-state index in [-0.39, 0.29) is 18.4 Å². The third-order valence-corrected chi connectivity index (χ3v) is 5.60. The number of benzene rings is 3. The van der Waals surface area contributed by atoms with Crippen molar-refractivity contribution in [3.05, 3.63) is 94.0 Å². The van der Waals surface area contributed by atoms with Gasteiger partial charge in [-0.3, -0.25) is 0 Å². The molecule has 1 aliphatic rings. The number of hydrogen-bond donors (Lipinski definition) is 1. The maximum absolute atomic E-state index is 12.5. The van der Waals surface area contributed by atoms with Crippen molar-refractivity contribution in [1.82, 2.24) is 4.90 Å². The summed E-state index contributed by atoms with van der Waals surface area (Å²) >= 11 is 3.57. The van der Waals surface area contributed by atoms with E-state index in [2.05, 4.69) is 43.8 Å². The van der Waals surface area contributed by atoms with Gasteiger partial charge in [-0.2, -0.15) is 8.78 Å². The van der Waals surface area contributed by atoms with E-state index in [4.69, 9.17) is 4.99 Å². The maximum atomic E-state index is 12.5. The summed E-state index contributed by atoms with van der Waals surface area (Å²) in [6.07, 6.45) is 0.568. The number of rotatable bonds is 7. The summed E-state index contributed by atoms with van der Waals surface area (Å²) in [5.41, 5.74) is 3.79. The minimum atomic E-state index is -2.87. The molecule has 1 atom stereocenters. The standard InChI is InChI=1S/C24H21BrF2N2O2/c25-18-9-12-21-20(15-18)22(16-5-2-1-3-6-16)29(13-4-14-30)23(28-21)17-7-10-19(11-8-17)31-24(26)27/h1-3,5-12,15,22,24,30H,4,13-14H2. The van der Waals surface area contributed by atoms with Crippen LogP contribution in [0.2, 0.25) is 0 Å². The van der Waals surface area contributed by atoms with Gasteiger partial charge in [0, 0.05) is 28.8 Å². The molecule has 4 nitrogen and oxygen atoms in total. The fourth-order valence-corrected chi connectivity index (χ4v) is 4.18. The molecule has 0 fully saturated rings. The molecule has 1 N–H and O–H groups in total. The molecule has 3 aromatic carbocycles. The summed E-state index contributed by atoms with van der Waals surface area (Å²) in [6.45, 7) is -2.24. The highest BCUT2D eigenvalue weighted by Crippen LogP contribution is 2.41. The van der Waals surface area contributed by atoms with E-state index in [1.165, 1.54) is 12.1 Å². The Hall–Kier alpha value is -2.77. The molecular formula is C24H21BrF2N2O2. The van der Waals surface area contributed by atoms with Gasteiger partial charge in [0.2, 0.25) is 0 Å². The highest BCUT2D eigenvalue weighted by Gasteiger charge is 2.32. The summed E-state index contributed by atoms with van der Waals surface area (Å²) < 4.78 is 30.5. The first-order valence-electron chi connectivity index (χ1n) is 9.92. The van der Waals surface area contributed by atoms with Crippen LogP contribution in [0.1, 0.15) is 29.2 Å². The number of alkyl halides is 2. The molecule has 1 unspecified atom stereocenters. The van der Waals surface area contributed by atoms with Crippen LogP contribution in [0.3, 0.4) is 0 Å². The van der Waals surface area contributed by atoms with Crippen LogP contribution >= 0.6 is 15.9 Å². The van der Waals surface area contributed by atoms with Crippen LogP contribution in [0.5, 0.6) is 5.75 Å². The lowest BCUT2D eigenvalue weighted by atomic mass is 9.92. The summed E-state index contributed by atoms with van der Waals surface area (Å²) in [5.74, 6) is 0.821. The van der Waals surface area contributed by atoms with Gasteiger partial charge in [0.1, 0.15) is 11.6 Å². The van der Waals surface area contributed by atoms with Crippen LogP contribution < -0.4 is 4.74 Å². The number of aliphatic hydroxyl groups excluding tert-OH is 1. The average Bonchev–Trinajstić information content (AvgIpc) is 2.77. The van der Waals surface area contributed by atoms with E-state index in [0.29, 0.717) is 13.0 Å². The molecule has 0 bridgehead atoms. The molecule has 0 radical (unpaired) electrons. The van der Waals surface area contributed by atoms with E-state index in [0.717, 1.165) is 32.7 Å². The minimum absolute atomic E-state index is 0.0534. The highest BCUT2D eigenvalue weighted by molar-refractivity contribution is 9.10. The zero-order chi connectivity index (χ0) is 21.8. The second-order valence-corrected chi connectivity index (χ2v) is 8.04. The van der Waals surface area contributed by atoms with Crippen molar-refractivity contribution >= 4 is 27.5 Å². The zero-order valence-electron chi connectivity index (χ0n) is 16.6. The summed E-state index contributed by atoms with van der Waals surface area (Å²) in [6, 6.07) is 22.5. The molecule has 0 amide bonds. The number of halogens is 3. The van der Waals surface area contributed by atoms with Gasteiger partial charge < -0.3 is 14.7 Å². The van der Waals surface area contributed by atoms with Gasteiger partial charge in [0.15, 0.2) is 0 Å². The lowest BCUT2D eigenvalue weighted by molar-refractivity contribution is -0.0498. The van der Waals surface area contributed by atoms with E-state index in [1.54, 1.807) is 12.1 Å². The average molecular weight is 487 g/mol. The number of fused-ring (bicyclic) bond motifs is 1. The molecular weight excluding hydrogens is 466 g/mol. The van der Waals surface area contributed by atoms with E-state index < -0.39 is 6.61 Å². The quantitative estimate of drug-likeness (QED) is 0.451. The Bertz CT molecular complexity index is 1060. The van der Waals surface area contributed by atoms with Crippen molar-refractivity contribution < 1.29 is 18.6 Å². The molecule has 1 aliphatic heterocycles. The topological polar surface area (TPSA) is 45.1 Å². The van der Waals surface area contributed by atoms with Crippen LogP contribution in [0, 0.1) is 0 Å². The number of nitrogens with zero attached hydrogens (tertiary/aromatic N) is 2. The fourth-order valence-electron chi connectivity index (χ4n) is 3.80. The van der Waals surface area contributed by atoms with Gasteiger partial charge in [-0.1, -0.05) is 46.3 Å². The Kier molecular flexibility index (Phi) is 6.63. The van der Waals surface area contributed by atoms with Crippen LogP contribution in [0.25, 0.3) is 0 Å². The molecule has 0 spiro atoms. The van der Waals surface area contributed by atoms with Crippen LogP contribution in [-0.2, 0) is 0 Å². The van der Waals surface area contributed by atoms with E-state index >= 15 is 0 Å². The van der Waals surface area contributed by atoms with E-state index in [1.807, 2.05) is 30.3 Å². The molecule has 0 saturated carbocycles. The molecule has 3 aromatic rings. The summed E-state index contributed by atoms with van der Waals surface area (Å²) in [5, 5.41) is 9.51. The zero-order valence-corrected chi connectivity index (χ0v) is 18.2. The SMILES string of the molecule is OCCCN1C(c2ccc(OC(F)F)cc2)=Nc2ccc(Br)cc2C1c1ccccc1. The number of amidine groups is 1. The summed E-state index contributed by atoms with van der Waals surface area (Å²) in [7, 11) is 0. The lowest BCUT2D eigenvalue weighted by Gasteiger charge is -2.39. The van der Waals surface area contributed by atoms with Crippen molar-refractivity contribution in [1.29, 1.82) is 0 Å². The van der Waals surface area contributed by atoms with Crippen LogP contribution in [0.4, 0.5) is 14.5 Å². The largest absolute Gasteiger partial charge is 0.435 e. The van der Waals surface area contributed by atoms with Gasteiger partial charge >= 0.3 is 6.61 Å². The lowest BCUT2D eigenvalue weighted by Crippen LogP contribution is -2.39. The first-order chi connectivity index (χ1) is 15.1. The number of aliphatic imine (C=N–C) groups is 1. The van der Waals surface area contributed by atoms with Crippen LogP contribution in [0.15, 0.2) is 82.3 Å². The second-order valence-electron chi connectivity index (χ2n) is 7.13. The van der Waals surface area contributed by atoms with Gasteiger partial charge in [-0.05, 0) is 54.4 Å². The van der Waals surface area contributed by atoms with Gasteiger partial charge in [-0.25, -0.2) is 4.99 Å². The van der Waals surface area contributed by atoms with Crippen molar-refractivity contribution in [2.75, 3.05) is 13.2 Å². The predicted octanol–water partition coefficient (Wildman–Crippen LogP) is 5.92. The van der Waals surface area contributed by atoms with Gasteiger partial charge in [-0.15, -0.1) is 0 Å². The fraction of sp³-hybridized carbons (Fsp3) is 0.208. The second kappa shape index (κ2) is 9.58. The highest BCUT2D eigenvalue weighted by atomic mass is 79.9. The monoisotopic (exact) mass is 486 g/mol. The molecule has 0 aromatic heterocycles. The molecule has 1 heterocycles. The number of hydrogen-bond acceptors (Lipinski definition) is 4. The molecule has 160 valence electrons. The van der Waals surface area contributed by atoms with E-state index in [9.17, 15) is 13.9 Å². The Morgan fingerprint density at radius 1 is 1.03 bits per heavy atom. The van der Waals surface area contributed by atoms with Crippen LogP contribution in [-0.4, -0.2) is 35.6 Å². The Labute approximate surface area is 187 Å². The van der Waals surface area contributed by atoms with Crippen molar-refractivity contribution in [2.24, 2.45) is 4.99 Å². The first kappa shape index (κ1) is 21.5. The normalized spacial score (nSPS) is 15.6. The Morgan fingerprint density at radius 3 is 2.45 bits per heavy atom. The van der Waals surface area contributed by atoms with Crippen molar-refractivity contribution in [3.63, 3.8) is 0 Å². The molecule has 31 heavy (non-hydrogen) atoms. The number of aliphatic hydroxyl groups is 1. The van der Waals surface area contributed by atoms with Crippen molar-refractivity contribution in [2.45, 2.75) is 19.1 Å². The van der Waals surface area contributed by atoms with Gasteiger partial charge in [0.25, 0.3) is 0 Å². The molecule has 7 heteroatoms. The minimum Gasteiger partial charge on any atom is -0.435 e. The third kappa shape index (κ3) is 4.78. The predicted molar refractivity (Wildman–Crippen MR) is 120 cm³/mol. The maximum Gasteiger partial charge on any atom is 0.387 e. The Morgan fingerprint density at radius 2 is 1.77 bits per heavy atom. The number of ether oxygens (including phenoxy) is 1. The van der Waals surface area contributed by atoms with Crippen molar-refractivity contribution in [3.8, 4) is 5.75 Å². The molecule has 4 rings (SSSR count). The molecule has 0 aliphatic carbocycles. The smallest absolute Gasteiger partial charge is 0.387 e.